The summed E-state index contributed by atoms with van der Waals surface area (Å²) < 4.78 is 43.2. The Hall–Kier alpha value is -4.96. The lowest BCUT2D eigenvalue weighted by Crippen LogP contribution is -2.28. The van der Waals surface area contributed by atoms with Gasteiger partial charge in [-0.1, -0.05) is 54.6 Å². The van der Waals surface area contributed by atoms with Crippen LogP contribution in [0, 0.1) is 0 Å². The van der Waals surface area contributed by atoms with Gasteiger partial charge in [0.2, 0.25) is 0 Å². The van der Waals surface area contributed by atoms with Crippen molar-refractivity contribution in [1.29, 1.82) is 0 Å². The van der Waals surface area contributed by atoms with Gasteiger partial charge in [-0.05, 0) is 71.0 Å². The van der Waals surface area contributed by atoms with Crippen molar-refractivity contribution < 1.29 is 17.9 Å². The number of ether oxygens (including phenoxy) is 1. The van der Waals surface area contributed by atoms with E-state index in [1.165, 1.54) is 12.1 Å². The van der Waals surface area contributed by atoms with Crippen LogP contribution in [0.2, 0.25) is 0 Å². The van der Waals surface area contributed by atoms with Crippen LogP contribution in [-0.2, 0) is 0 Å². The number of imidazole rings is 1. The van der Waals surface area contributed by atoms with Gasteiger partial charge in [0.05, 0.1) is 11.0 Å². The van der Waals surface area contributed by atoms with Crippen LogP contribution in [0.5, 0.6) is 5.75 Å². The number of rotatable bonds is 6. The Morgan fingerprint density at radius 2 is 1.71 bits per heavy atom. The molecule has 0 aliphatic rings. The third kappa shape index (κ3) is 5.82. The average Bonchev–Trinajstić information content (AvgIpc) is 3.40. The lowest BCUT2D eigenvalue weighted by Gasteiger charge is -2.11. The molecule has 0 spiro atoms. The number of aromatic nitrogens is 2. The highest BCUT2D eigenvalue weighted by molar-refractivity contribution is 7.80. The van der Waals surface area contributed by atoms with Crippen LogP contribution >= 0.6 is 12.2 Å². The lowest BCUT2D eigenvalue weighted by atomic mass is 10.1. The standard InChI is InChI=1S/C31H22F3N5OS/c32-31(33,34)40-24-12-10-23(11-13-24)39-19-37-29-26-14-8-20(16-22(26)9-15-28(29)39)17-35-18-36-30(41)38-27-7-3-5-21-4-1-2-6-25(21)27/h1-17,19H,18H2,(H2,36,38,41)/b35-17+. The summed E-state index contributed by atoms with van der Waals surface area (Å²) in [6.07, 6.45) is -1.30. The molecule has 0 fully saturated rings. The summed E-state index contributed by atoms with van der Waals surface area (Å²) >= 11 is 5.45. The van der Waals surface area contributed by atoms with E-state index in [4.69, 9.17) is 12.2 Å². The molecule has 10 heteroatoms. The molecule has 204 valence electrons. The fourth-order valence-corrected chi connectivity index (χ4v) is 4.87. The molecule has 0 unspecified atom stereocenters. The SMILES string of the molecule is FC(F)(F)Oc1ccc(-n2cnc3c4ccc(/C=N/CNC(=S)Nc5cccc6ccccc56)cc4ccc32)cc1. The molecular formula is C31H22F3N5OS. The maximum Gasteiger partial charge on any atom is 0.573 e. The Morgan fingerprint density at radius 3 is 2.54 bits per heavy atom. The molecule has 2 N–H and O–H groups in total. The van der Waals surface area contributed by atoms with Crippen molar-refractivity contribution in [2.45, 2.75) is 6.36 Å². The minimum absolute atomic E-state index is 0.275. The van der Waals surface area contributed by atoms with Gasteiger partial charge in [0, 0.05) is 28.4 Å². The summed E-state index contributed by atoms with van der Waals surface area (Å²) in [5.41, 5.74) is 4.14. The van der Waals surface area contributed by atoms with Gasteiger partial charge in [-0.2, -0.15) is 0 Å². The molecule has 0 amide bonds. The van der Waals surface area contributed by atoms with E-state index < -0.39 is 6.36 Å². The first kappa shape index (κ1) is 26.3. The van der Waals surface area contributed by atoms with E-state index in [9.17, 15) is 13.2 Å². The van der Waals surface area contributed by atoms with Gasteiger partial charge in [0.1, 0.15) is 18.7 Å². The molecule has 41 heavy (non-hydrogen) atoms. The number of thiocarbonyl (C=S) groups is 1. The van der Waals surface area contributed by atoms with E-state index in [1.807, 2.05) is 65.2 Å². The fraction of sp³-hybridized carbons (Fsp3) is 0.0645. The maximum atomic E-state index is 12.5. The Balaban J connectivity index is 1.13. The van der Waals surface area contributed by atoms with E-state index in [2.05, 4.69) is 37.5 Å². The number of nitrogens with zero attached hydrogens (tertiary/aromatic N) is 3. The molecule has 0 radical (unpaired) electrons. The Labute approximate surface area is 238 Å². The van der Waals surface area contributed by atoms with Crippen molar-refractivity contribution in [3.05, 3.63) is 109 Å². The molecular weight excluding hydrogens is 547 g/mol. The minimum atomic E-state index is -4.73. The average molecular weight is 570 g/mol. The summed E-state index contributed by atoms with van der Waals surface area (Å²) in [5, 5.41) is 11.0. The van der Waals surface area contributed by atoms with E-state index >= 15 is 0 Å². The maximum absolute atomic E-state index is 12.5. The number of fused-ring (bicyclic) bond motifs is 4. The molecule has 6 nitrogen and oxygen atoms in total. The largest absolute Gasteiger partial charge is 0.573 e. The Morgan fingerprint density at radius 1 is 0.902 bits per heavy atom. The molecule has 0 saturated heterocycles. The quantitative estimate of drug-likeness (QED) is 0.160. The van der Waals surface area contributed by atoms with Gasteiger partial charge in [0.15, 0.2) is 5.11 Å². The lowest BCUT2D eigenvalue weighted by molar-refractivity contribution is -0.274. The molecule has 0 saturated carbocycles. The van der Waals surface area contributed by atoms with Gasteiger partial charge in [-0.25, -0.2) is 4.98 Å². The van der Waals surface area contributed by atoms with Crippen LogP contribution in [0.25, 0.3) is 38.3 Å². The number of benzene rings is 5. The van der Waals surface area contributed by atoms with Crippen LogP contribution in [0.15, 0.2) is 108 Å². The number of hydrogen-bond acceptors (Lipinski definition) is 4. The van der Waals surface area contributed by atoms with Crippen molar-refractivity contribution in [2.24, 2.45) is 4.99 Å². The second-order valence-corrected chi connectivity index (χ2v) is 9.61. The van der Waals surface area contributed by atoms with Crippen molar-refractivity contribution in [3.8, 4) is 11.4 Å². The number of halogens is 3. The third-order valence-electron chi connectivity index (χ3n) is 6.51. The third-order valence-corrected chi connectivity index (χ3v) is 6.76. The summed E-state index contributed by atoms with van der Waals surface area (Å²) in [6, 6.07) is 29.7. The molecule has 6 rings (SSSR count). The van der Waals surface area contributed by atoms with Crippen molar-refractivity contribution in [3.63, 3.8) is 0 Å². The van der Waals surface area contributed by atoms with Gasteiger partial charge >= 0.3 is 6.36 Å². The number of nitrogens with one attached hydrogen (secondary N) is 2. The zero-order valence-electron chi connectivity index (χ0n) is 21.4. The van der Waals surface area contributed by atoms with Crippen LogP contribution < -0.4 is 15.4 Å². The number of hydrogen-bond donors (Lipinski definition) is 2. The topological polar surface area (TPSA) is 63.5 Å². The summed E-state index contributed by atoms with van der Waals surface area (Å²) in [5.74, 6) is -0.275. The normalized spacial score (nSPS) is 11.9. The molecule has 0 atom stereocenters. The molecule has 1 aromatic heterocycles. The molecule has 0 aliphatic heterocycles. The number of alkyl halides is 3. The highest BCUT2D eigenvalue weighted by atomic mass is 32.1. The van der Waals surface area contributed by atoms with Gasteiger partial charge in [-0.3, -0.25) is 9.56 Å². The molecule has 0 aliphatic carbocycles. The Bertz CT molecular complexity index is 1910. The van der Waals surface area contributed by atoms with Crippen LogP contribution in [-0.4, -0.2) is 33.9 Å². The number of aliphatic imine (C=N–C) groups is 1. The predicted molar refractivity (Wildman–Crippen MR) is 161 cm³/mol. The number of anilines is 1. The predicted octanol–water partition coefficient (Wildman–Crippen LogP) is 7.59. The first-order valence-electron chi connectivity index (χ1n) is 12.6. The van der Waals surface area contributed by atoms with Crippen LogP contribution in [0.4, 0.5) is 18.9 Å². The summed E-state index contributed by atoms with van der Waals surface area (Å²) in [4.78, 5) is 9.03. The highest BCUT2D eigenvalue weighted by Crippen LogP contribution is 2.29. The molecule has 5 aromatic carbocycles. The molecule has 0 bridgehead atoms. The van der Waals surface area contributed by atoms with Crippen LogP contribution in [0.1, 0.15) is 5.56 Å². The second-order valence-electron chi connectivity index (χ2n) is 9.20. The zero-order valence-corrected chi connectivity index (χ0v) is 22.2. The van der Waals surface area contributed by atoms with Crippen LogP contribution in [0.3, 0.4) is 0 Å². The van der Waals surface area contributed by atoms with E-state index in [0.29, 0.717) is 17.5 Å². The smallest absolute Gasteiger partial charge is 0.406 e. The first-order chi connectivity index (χ1) is 19.8. The van der Waals surface area contributed by atoms with Gasteiger partial charge in [-0.15, -0.1) is 13.2 Å². The second kappa shape index (κ2) is 10.9. The molecule has 6 aromatic rings. The fourth-order valence-electron chi connectivity index (χ4n) is 4.69. The summed E-state index contributed by atoms with van der Waals surface area (Å²) in [6.45, 7) is 0.310. The summed E-state index contributed by atoms with van der Waals surface area (Å²) in [7, 11) is 0. The van der Waals surface area contributed by atoms with E-state index in [1.54, 1.807) is 24.7 Å². The molecule has 1 heterocycles. The van der Waals surface area contributed by atoms with E-state index in [-0.39, 0.29) is 5.75 Å². The first-order valence-corrected chi connectivity index (χ1v) is 13.0. The van der Waals surface area contributed by atoms with E-state index in [0.717, 1.165) is 43.8 Å². The minimum Gasteiger partial charge on any atom is -0.406 e. The van der Waals surface area contributed by atoms with Crippen molar-refractivity contribution in [2.75, 3.05) is 12.0 Å². The van der Waals surface area contributed by atoms with Crippen molar-refractivity contribution in [1.82, 2.24) is 14.9 Å². The monoisotopic (exact) mass is 569 g/mol. The van der Waals surface area contributed by atoms with Gasteiger partial charge < -0.3 is 15.4 Å². The van der Waals surface area contributed by atoms with Crippen molar-refractivity contribution >= 4 is 61.8 Å². The Kier molecular flexibility index (Phi) is 6.98. The van der Waals surface area contributed by atoms with Gasteiger partial charge in [0.25, 0.3) is 0 Å². The zero-order chi connectivity index (χ0) is 28.4. The highest BCUT2D eigenvalue weighted by Gasteiger charge is 2.31.